The van der Waals surface area contributed by atoms with E-state index in [0.29, 0.717) is 0 Å². The molecule has 0 aromatic heterocycles. The van der Waals surface area contributed by atoms with E-state index in [4.69, 9.17) is 10.2 Å². The van der Waals surface area contributed by atoms with Gasteiger partial charge < -0.3 is 10.2 Å². The van der Waals surface area contributed by atoms with Gasteiger partial charge in [-0.25, -0.2) is 0 Å². The van der Waals surface area contributed by atoms with Crippen LogP contribution < -0.4 is 0 Å². The van der Waals surface area contributed by atoms with Gasteiger partial charge in [-0.3, -0.25) is 0 Å². The second-order valence-corrected chi connectivity index (χ2v) is 4.20. The van der Waals surface area contributed by atoms with Crippen LogP contribution in [0.4, 0.5) is 0 Å². The first-order chi connectivity index (χ1) is 10.0. The average molecular weight is 486 g/mol. The quantitative estimate of drug-likeness (QED) is 0.390. The van der Waals surface area contributed by atoms with E-state index >= 15 is 0 Å². The van der Waals surface area contributed by atoms with Gasteiger partial charge >= 0.3 is 0 Å². The average Bonchev–Trinajstić information content (AvgIpc) is 2.42. The van der Waals surface area contributed by atoms with Crippen molar-refractivity contribution in [3.05, 3.63) is 48.6 Å². The minimum Gasteiger partial charge on any atom is -0.400 e. The third kappa shape index (κ3) is 28.3. The molecule has 0 saturated carbocycles. The van der Waals surface area contributed by atoms with Crippen LogP contribution in [0.2, 0.25) is 0 Å². The standard InChI is InChI=1S/2C8H12.2CH4O.2Rh/c2*1-2-4-6-8-7-5-3-1;2*1-2;;/h2*1-2,7-8H,3-6H2;2*2H,1H3;;/b2*2-1-,8-7?;;;;. The van der Waals surface area contributed by atoms with Crippen molar-refractivity contribution in [3.8, 4) is 0 Å². The normalized spacial score (nSPS) is 18.0. The first kappa shape index (κ1) is 30.1. The Morgan fingerprint density at radius 3 is 0.545 bits per heavy atom. The fourth-order valence-corrected chi connectivity index (χ4v) is 1.71. The molecule has 0 aromatic rings. The number of rotatable bonds is 0. The van der Waals surface area contributed by atoms with Gasteiger partial charge in [0.05, 0.1) is 0 Å². The molecule has 0 saturated heterocycles. The maximum absolute atomic E-state index is 7.00. The molecule has 0 bridgehead atoms. The molecule has 0 unspecified atom stereocenters. The van der Waals surface area contributed by atoms with Gasteiger partial charge in [-0.05, 0) is 51.4 Å². The van der Waals surface area contributed by atoms with Gasteiger partial charge in [-0.15, -0.1) is 0 Å². The molecule has 0 aliphatic heterocycles. The minimum absolute atomic E-state index is 0. The zero-order chi connectivity index (χ0) is 15.3. The SMILES string of the molecule is C1=CCC/C=C\CC1.C1=CCC/C=C\CC1.CO.CO.[Rh].[Rh]. The van der Waals surface area contributed by atoms with E-state index in [-0.39, 0.29) is 39.0 Å². The molecule has 22 heavy (non-hydrogen) atoms. The molecule has 0 amide bonds. The molecule has 0 heterocycles. The number of aliphatic hydroxyl groups is 2. The summed E-state index contributed by atoms with van der Waals surface area (Å²) in [6.07, 6.45) is 28.0. The summed E-state index contributed by atoms with van der Waals surface area (Å²) in [5.41, 5.74) is 0. The van der Waals surface area contributed by atoms with E-state index in [0.717, 1.165) is 14.2 Å². The molecule has 0 atom stereocenters. The van der Waals surface area contributed by atoms with E-state index in [9.17, 15) is 0 Å². The molecule has 2 rings (SSSR count). The predicted molar refractivity (Wildman–Crippen MR) is 89.8 cm³/mol. The second-order valence-electron chi connectivity index (χ2n) is 4.20. The Kier molecular flexibility index (Phi) is 45.0. The number of hydrogen-bond acceptors (Lipinski definition) is 2. The van der Waals surface area contributed by atoms with E-state index in [2.05, 4.69) is 48.6 Å². The minimum atomic E-state index is 0. The topological polar surface area (TPSA) is 40.5 Å². The summed E-state index contributed by atoms with van der Waals surface area (Å²) in [5, 5.41) is 14.0. The Hall–Kier alpha value is 0.127. The summed E-state index contributed by atoms with van der Waals surface area (Å²) < 4.78 is 0. The zero-order valence-corrected chi connectivity index (χ0v) is 17.1. The van der Waals surface area contributed by atoms with E-state index in [1.54, 1.807) is 0 Å². The van der Waals surface area contributed by atoms with Crippen LogP contribution in [0, 0.1) is 0 Å². The molecule has 2 nitrogen and oxygen atoms in total. The Morgan fingerprint density at radius 1 is 0.364 bits per heavy atom. The Balaban J connectivity index is -0.000000112. The molecule has 2 aliphatic rings. The molecule has 2 aliphatic carbocycles. The van der Waals surface area contributed by atoms with Gasteiger partial charge in [0.1, 0.15) is 0 Å². The van der Waals surface area contributed by atoms with Gasteiger partial charge in [-0.2, -0.15) is 0 Å². The first-order valence-corrected chi connectivity index (χ1v) is 7.49. The Morgan fingerprint density at radius 2 is 0.455 bits per heavy atom. The van der Waals surface area contributed by atoms with Crippen molar-refractivity contribution >= 4 is 0 Å². The van der Waals surface area contributed by atoms with Crippen LogP contribution in [0.1, 0.15) is 51.4 Å². The van der Waals surface area contributed by atoms with Crippen LogP contribution in [0.25, 0.3) is 0 Å². The third-order valence-electron chi connectivity index (χ3n) is 2.67. The summed E-state index contributed by atoms with van der Waals surface area (Å²) in [6, 6.07) is 0. The maximum Gasteiger partial charge on any atom is 0.0319 e. The van der Waals surface area contributed by atoms with Gasteiger partial charge in [0, 0.05) is 53.2 Å². The molecule has 0 spiro atoms. The molecule has 2 radical (unpaired) electrons. The fourth-order valence-electron chi connectivity index (χ4n) is 1.71. The van der Waals surface area contributed by atoms with Crippen LogP contribution >= 0.6 is 0 Å². The zero-order valence-electron chi connectivity index (χ0n) is 13.8. The van der Waals surface area contributed by atoms with E-state index in [1.807, 2.05) is 0 Å². The summed E-state index contributed by atoms with van der Waals surface area (Å²) in [6.45, 7) is 0. The van der Waals surface area contributed by atoms with Crippen LogP contribution in [0.5, 0.6) is 0 Å². The second kappa shape index (κ2) is 32.9. The van der Waals surface area contributed by atoms with Crippen molar-refractivity contribution in [2.75, 3.05) is 14.2 Å². The largest absolute Gasteiger partial charge is 0.400 e. The number of allylic oxidation sites excluding steroid dienone is 8. The Labute approximate surface area is 163 Å². The van der Waals surface area contributed by atoms with E-state index in [1.165, 1.54) is 51.4 Å². The monoisotopic (exact) mass is 486 g/mol. The van der Waals surface area contributed by atoms with Crippen molar-refractivity contribution in [2.24, 2.45) is 0 Å². The number of aliphatic hydroxyl groups excluding tert-OH is 2. The van der Waals surface area contributed by atoms with Gasteiger partial charge in [0.2, 0.25) is 0 Å². The molecule has 0 fully saturated rings. The van der Waals surface area contributed by atoms with Crippen molar-refractivity contribution in [2.45, 2.75) is 51.4 Å². The molecular formula is C18H32O2Rh2. The number of hydrogen-bond donors (Lipinski definition) is 2. The summed E-state index contributed by atoms with van der Waals surface area (Å²) >= 11 is 0. The van der Waals surface area contributed by atoms with Crippen molar-refractivity contribution in [3.63, 3.8) is 0 Å². The van der Waals surface area contributed by atoms with Crippen molar-refractivity contribution in [1.29, 1.82) is 0 Å². The fraction of sp³-hybridized carbons (Fsp3) is 0.556. The molecule has 0 aromatic carbocycles. The molecule has 134 valence electrons. The van der Waals surface area contributed by atoms with Gasteiger partial charge in [-0.1, -0.05) is 48.6 Å². The molecular weight excluding hydrogens is 454 g/mol. The molecule has 2 N–H and O–H groups in total. The third-order valence-corrected chi connectivity index (χ3v) is 2.67. The summed E-state index contributed by atoms with van der Waals surface area (Å²) in [4.78, 5) is 0. The summed E-state index contributed by atoms with van der Waals surface area (Å²) in [7, 11) is 2.00. The first-order valence-electron chi connectivity index (χ1n) is 7.49. The summed E-state index contributed by atoms with van der Waals surface area (Å²) in [5.74, 6) is 0. The maximum atomic E-state index is 7.00. The smallest absolute Gasteiger partial charge is 0.0319 e. The Bertz CT molecular complexity index is 192. The van der Waals surface area contributed by atoms with Crippen molar-refractivity contribution in [1.82, 2.24) is 0 Å². The van der Waals surface area contributed by atoms with Gasteiger partial charge in [0.25, 0.3) is 0 Å². The molecule has 4 heteroatoms. The van der Waals surface area contributed by atoms with E-state index < -0.39 is 0 Å². The van der Waals surface area contributed by atoms with Gasteiger partial charge in [0.15, 0.2) is 0 Å². The van der Waals surface area contributed by atoms with Crippen LogP contribution in [0.15, 0.2) is 48.6 Å². The van der Waals surface area contributed by atoms with Crippen LogP contribution in [-0.4, -0.2) is 24.4 Å². The van der Waals surface area contributed by atoms with Crippen LogP contribution in [0.3, 0.4) is 0 Å². The van der Waals surface area contributed by atoms with Crippen LogP contribution in [-0.2, 0) is 39.0 Å². The van der Waals surface area contributed by atoms with Crippen molar-refractivity contribution < 1.29 is 49.2 Å². The predicted octanol–water partition coefficient (Wildman–Crippen LogP) is 4.56.